The number of benzene rings is 3. The Morgan fingerprint density at radius 2 is 1.71 bits per heavy atom. The fourth-order valence-corrected chi connectivity index (χ4v) is 9.16. The number of hydrogen-bond donors (Lipinski definition) is 4. The van der Waals surface area contributed by atoms with E-state index in [4.69, 9.17) is 33.1 Å². The molecule has 1 amide bonds. The summed E-state index contributed by atoms with van der Waals surface area (Å²) in [6.07, 6.45) is 7.26. The second kappa shape index (κ2) is 19.9. The number of esters is 1. The lowest BCUT2D eigenvalue weighted by molar-refractivity contribution is -0.157. The first-order valence-electron chi connectivity index (χ1n) is 22.9. The average molecular weight is 949 g/mol. The molecule has 17 heteroatoms. The maximum atomic E-state index is 14.9. The van der Waals surface area contributed by atoms with E-state index in [2.05, 4.69) is 10.3 Å². The molecule has 0 fully saturated rings. The highest BCUT2D eigenvalue weighted by molar-refractivity contribution is 6.16. The summed E-state index contributed by atoms with van der Waals surface area (Å²) in [5.74, 6) is -4.95. The van der Waals surface area contributed by atoms with Gasteiger partial charge >= 0.3 is 11.8 Å². The molecule has 2 aromatic heterocycles. The molecule has 5 aromatic rings. The number of aromatic nitrogens is 2. The van der Waals surface area contributed by atoms with E-state index in [-0.39, 0.29) is 91.1 Å². The van der Waals surface area contributed by atoms with E-state index in [1.807, 2.05) is 64.8 Å². The van der Waals surface area contributed by atoms with Crippen LogP contribution in [0.2, 0.25) is 0 Å². The first-order valence-corrected chi connectivity index (χ1v) is 22.9. The van der Waals surface area contributed by atoms with Gasteiger partial charge in [0.1, 0.15) is 47.0 Å². The number of aliphatic hydroxyl groups excluding tert-OH is 2. The highest BCUT2D eigenvalue weighted by Gasteiger charge is 2.44. The van der Waals surface area contributed by atoms with E-state index in [1.165, 1.54) is 59.3 Å². The van der Waals surface area contributed by atoms with Crippen LogP contribution in [0.1, 0.15) is 61.0 Å². The van der Waals surface area contributed by atoms with E-state index in [0.717, 1.165) is 5.82 Å². The number of aromatic hydroxyl groups is 1. The summed E-state index contributed by atoms with van der Waals surface area (Å²) < 4.78 is 36.7. The molecule has 0 saturated carbocycles. The number of aliphatic hydroxyl groups is 2. The molecule has 3 aromatic carbocycles. The van der Waals surface area contributed by atoms with Crippen LogP contribution in [0.4, 0.5) is 11.5 Å². The maximum absolute atomic E-state index is 14.9. The van der Waals surface area contributed by atoms with Gasteiger partial charge in [-0.1, -0.05) is 58.9 Å². The summed E-state index contributed by atoms with van der Waals surface area (Å²) in [6, 6.07) is 8.21. The third-order valence-corrected chi connectivity index (χ3v) is 13.7. The lowest BCUT2D eigenvalue weighted by atomic mass is 9.73. The van der Waals surface area contributed by atoms with Crippen molar-refractivity contribution in [2.24, 2.45) is 29.6 Å². The zero-order chi connectivity index (χ0) is 50.2. The zero-order valence-electron chi connectivity index (χ0n) is 40.6. The van der Waals surface area contributed by atoms with Crippen molar-refractivity contribution in [3.8, 4) is 17.2 Å². The molecule has 2 aliphatic rings. The normalized spacial score (nSPS) is 27.3. The lowest BCUT2D eigenvalue weighted by Crippen LogP contribution is -2.43. The molecule has 0 radical (unpaired) electrons. The van der Waals surface area contributed by atoms with Crippen molar-refractivity contribution in [2.45, 2.75) is 86.4 Å². The van der Waals surface area contributed by atoms with Crippen molar-refractivity contribution in [3.63, 3.8) is 0 Å². The molecule has 9 atom stereocenters. The molecule has 69 heavy (non-hydrogen) atoms. The van der Waals surface area contributed by atoms with Gasteiger partial charge in [-0.25, -0.2) is 9.97 Å². The number of ether oxygens (including phenoxy) is 5. The van der Waals surface area contributed by atoms with Crippen LogP contribution < -0.4 is 35.8 Å². The molecule has 4 heterocycles. The van der Waals surface area contributed by atoms with Gasteiger partial charge in [0, 0.05) is 74.7 Å². The molecular formula is C52H60N4O13. The van der Waals surface area contributed by atoms with Crippen molar-refractivity contribution in [2.75, 3.05) is 37.5 Å². The number of nitrogens with one attached hydrogen (secondary N) is 1. The summed E-state index contributed by atoms with van der Waals surface area (Å²) in [5.41, 5.74) is -2.39. The van der Waals surface area contributed by atoms with Crippen LogP contribution in [0.5, 0.6) is 17.2 Å². The molecule has 4 N–H and O–H groups in total. The summed E-state index contributed by atoms with van der Waals surface area (Å²) >= 11 is 0. The summed E-state index contributed by atoms with van der Waals surface area (Å²) in [4.78, 5) is 66.2. The van der Waals surface area contributed by atoms with Crippen molar-refractivity contribution < 1.29 is 53.0 Å². The number of methoxy groups -OCH3 is 1. The largest absolute Gasteiger partial charge is 0.507 e. The van der Waals surface area contributed by atoms with E-state index >= 15 is 0 Å². The fraction of sp³-hybridized carbons (Fsp3) is 0.423. The average Bonchev–Trinajstić information content (AvgIpc) is 3.59. The summed E-state index contributed by atoms with van der Waals surface area (Å²) in [7, 11) is 3.34. The minimum atomic E-state index is -1.97. The third kappa shape index (κ3) is 9.57. The van der Waals surface area contributed by atoms with Crippen LogP contribution in [-0.2, 0) is 23.8 Å². The predicted octanol–water partition coefficient (Wildman–Crippen LogP) is 6.75. The van der Waals surface area contributed by atoms with Crippen LogP contribution in [0, 0.1) is 36.5 Å². The van der Waals surface area contributed by atoms with Gasteiger partial charge < -0.3 is 53.6 Å². The Hall–Kier alpha value is -6.98. The number of rotatable bonds is 7. The van der Waals surface area contributed by atoms with Gasteiger partial charge in [-0.2, -0.15) is 0 Å². The van der Waals surface area contributed by atoms with Gasteiger partial charge in [0.2, 0.25) is 10.9 Å². The first kappa shape index (κ1) is 49.9. The second-order valence-electron chi connectivity index (χ2n) is 18.3. The predicted molar refractivity (Wildman–Crippen MR) is 261 cm³/mol. The quantitative estimate of drug-likeness (QED) is 0.0752. The summed E-state index contributed by atoms with van der Waals surface area (Å²) in [5, 5.41) is 37.8. The maximum Gasteiger partial charge on any atom is 0.307 e. The number of carbonyl (C=O) groups excluding carboxylic acids is 2. The molecule has 0 spiro atoms. The number of likely N-dealkylation sites (N-methyl/N-ethyl adjacent to an activating group) is 1. The van der Waals surface area contributed by atoms with Gasteiger partial charge in [0.05, 0.1) is 35.6 Å². The molecule has 17 nitrogen and oxygen atoms in total. The highest BCUT2D eigenvalue weighted by atomic mass is 16.7. The second-order valence-corrected chi connectivity index (χ2v) is 18.3. The molecule has 0 saturated heterocycles. The topological polar surface area (TPSA) is 229 Å². The summed E-state index contributed by atoms with van der Waals surface area (Å²) in [6.45, 7) is 15.9. The molecular weight excluding hydrogens is 889 g/mol. The van der Waals surface area contributed by atoms with Gasteiger partial charge in [-0.05, 0) is 49.8 Å². The number of allylic oxidation sites excluding steroid dienone is 2. The lowest BCUT2D eigenvalue weighted by Gasteiger charge is -2.39. The number of phenols is 1. The Balaban J connectivity index is 1.43. The van der Waals surface area contributed by atoms with Crippen LogP contribution in [-0.4, -0.2) is 88.6 Å². The molecule has 7 rings (SSSR count). The Bertz CT molecular complexity index is 3080. The van der Waals surface area contributed by atoms with Gasteiger partial charge in [0.25, 0.3) is 5.91 Å². The Morgan fingerprint density at radius 1 is 0.971 bits per heavy atom. The van der Waals surface area contributed by atoms with E-state index in [1.54, 1.807) is 24.4 Å². The fourth-order valence-electron chi connectivity index (χ4n) is 9.16. The van der Waals surface area contributed by atoms with Crippen molar-refractivity contribution in [1.29, 1.82) is 0 Å². The Kier molecular flexibility index (Phi) is 14.4. The molecule has 0 unspecified atom stereocenters. The van der Waals surface area contributed by atoms with Crippen LogP contribution in [0.25, 0.3) is 38.7 Å². The number of hydrogen-bond acceptors (Lipinski definition) is 16. The van der Waals surface area contributed by atoms with Gasteiger partial charge in [-0.3, -0.25) is 19.2 Å². The van der Waals surface area contributed by atoms with Crippen LogP contribution >= 0.6 is 0 Å². The van der Waals surface area contributed by atoms with Crippen molar-refractivity contribution >= 4 is 62.1 Å². The smallest absolute Gasteiger partial charge is 0.307 e. The Morgan fingerprint density at radius 3 is 2.39 bits per heavy atom. The van der Waals surface area contributed by atoms with Gasteiger partial charge in [0.15, 0.2) is 22.4 Å². The first-order chi connectivity index (χ1) is 32.7. The number of nitrogens with zero attached hydrogens (tertiary/aromatic N) is 3. The van der Waals surface area contributed by atoms with Crippen molar-refractivity contribution in [3.05, 3.63) is 104 Å². The molecule has 4 bridgehead atoms. The number of pyridine rings is 1. The monoisotopic (exact) mass is 948 g/mol. The van der Waals surface area contributed by atoms with E-state index in [0.29, 0.717) is 6.54 Å². The van der Waals surface area contributed by atoms with Gasteiger partial charge in [-0.15, -0.1) is 0 Å². The third-order valence-electron chi connectivity index (χ3n) is 13.7. The number of fused-ring (bicyclic) bond motifs is 2. The van der Waals surface area contributed by atoms with E-state index in [9.17, 15) is 34.5 Å². The van der Waals surface area contributed by atoms with Crippen LogP contribution in [0.15, 0.2) is 86.7 Å². The molecule has 0 aliphatic carbocycles. The molecule has 366 valence electrons. The Labute approximate surface area is 398 Å². The standard InChI is InChI=1S/C52H60N4O13/c1-25-15-14-16-26(2)51(63)55-43-46(61)39-38(42-49(43)68-36-24-33(23-34(58)41(36)54-42)65-22-20-56(10)37-17-12-13-19-53-37)40-48(31(7)45(39)60)69-52(9,50(40)62)66-21-18-35(64-11)30(6)47(67-32(8)57)29(5)27(3)28(4)44(25)59/h12-19,21,23-25,27-30,35,44,47,59-60,62H,20,22H2,1-11H3,(H,55,63)/b15-14+,21-18+,26-16-/t25-,27+,28-,29+,30+,35-,44-,47-,52-/m0/s1. The minimum absolute atomic E-state index is 0.0504. The SMILES string of the molecule is CO[C@H]1/C=C/O[C@@]2(C)Oc3c(C)c(O)c4c(=O)c(c5oc6cc(OCCN(C)c7ccccn7)cc(=O)c6nc5c4c3=C2O)NC(=O)/C(C)=C\C=C\[C@H](C)[C@H](O)[C@@H](C)[C@@H](C)[C@@H](C)[C@H](OC(C)=O)[C@@H]1C. The highest BCUT2D eigenvalue weighted by Crippen LogP contribution is 2.42. The number of anilines is 2. The number of phenolic OH excluding ortho intramolecular Hbond substituents is 1. The van der Waals surface area contributed by atoms with E-state index < -0.39 is 69.9 Å². The van der Waals surface area contributed by atoms with Crippen LogP contribution in [0.3, 0.4) is 0 Å². The number of carbonyl (C=O) groups is 2. The number of amides is 1. The zero-order valence-corrected chi connectivity index (χ0v) is 40.6. The van der Waals surface area contributed by atoms with Crippen molar-refractivity contribution in [1.82, 2.24) is 9.97 Å². The minimum Gasteiger partial charge on any atom is -0.507 e. The molecule has 2 aliphatic heterocycles.